The standard InChI is InChI=1S/C24H41NO2/c1-2-3-4-5-6-7-8-9-10-11-12-13-14-15-16-17-18-19-20-21-24(27)25-22-23-26/h14-21,26H,2-13,22-23H2,1H3,(H,25,27)/b15-14-,17-16+,19-18-,21-20+. The van der Waals surface area contributed by atoms with Crippen LogP contribution in [0.3, 0.4) is 0 Å². The highest BCUT2D eigenvalue weighted by Crippen LogP contribution is 2.11. The number of aliphatic hydroxyl groups is 1. The minimum absolute atomic E-state index is 0.0380. The number of unbranched alkanes of at least 4 members (excludes halogenated alkanes) is 11. The van der Waals surface area contributed by atoms with Crippen molar-refractivity contribution in [3.63, 3.8) is 0 Å². The number of aliphatic hydroxyl groups excluding tert-OH is 1. The average Bonchev–Trinajstić information content (AvgIpc) is 2.68. The van der Waals surface area contributed by atoms with E-state index in [0.717, 1.165) is 6.42 Å². The Bertz CT molecular complexity index is 436. The molecule has 0 heterocycles. The lowest BCUT2D eigenvalue weighted by atomic mass is 10.1. The van der Waals surface area contributed by atoms with Crippen molar-refractivity contribution in [2.45, 2.75) is 84.0 Å². The average molecular weight is 376 g/mol. The molecule has 27 heavy (non-hydrogen) atoms. The second-order valence-electron chi connectivity index (χ2n) is 6.90. The summed E-state index contributed by atoms with van der Waals surface area (Å²) in [5.74, 6) is -0.190. The molecule has 0 bridgehead atoms. The molecule has 154 valence electrons. The highest BCUT2D eigenvalue weighted by Gasteiger charge is 1.92. The first-order valence-electron chi connectivity index (χ1n) is 10.9. The summed E-state index contributed by atoms with van der Waals surface area (Å²) in [6.07, 6.45) is 31.5. The topological polar surface area (TPSA) is 49.3 Å². The largest absolute Gasteiger partial charge is 0.395 e. The second kappa shape index (κ2) is 22.4. The van der Waals surface area contributed by atoms with E-state index in [1.54, 1.807) is 6.08 Å². The van der Waals surface area contributed by atoms with Crippen molar-refractivity contribution < 1.29 is 9.90 Å². The number of hydrogen-bond acceptors (Lipinski definition) is 2. The highest BCUT2D eigenvalue weighted by atomic mass is 16.3. The smallest absolute Gasteiger partial charge is 0.244 e. The van der Waals surface area contributed by atoms with Crippen molar-refractivity contribution in [3.8, 4) is 0 Å². The lowest BCUT2D eigenvalue weighted by molar-refractivity contribution is -0.116. The predicted octanol–water partition coefficient (Wildman–Crippen LogP) is 6.02. The van der Waals surface area contributed by atoms with Crippen LogP contribution >= 0.6 is 0 Å². The van der Waals surface area contributed by atoms with Gasteiger partial charge in [0.1, 0.15) is 0 Å². The van der Waals surface area contributed by atoms with E-state index in [9.17, 15) is 4.79 Å². The molecule has 3 heteroatoms. The van der Waals surface area contributed by atoms with E-state index in [2.05, 4.69) is 24.4 Å². The van der Waals surface area contributed by atoms with Gasteiger partial charge in [-0.2, -0.15) is 0 Å². The van der Waals surface area contributed by atoms with Gasteiger partial charge in [-0.15, -0.1) is 0 Å². The number of rotatable bonds is 18. The third kappa shape index (κ3) is 22.3. The van der Waals surface area contributed by atoms with E-state index in [4.69, 9.17) is 5.11 Å². The molecule has 0 atom stereocenters. The van der Waals surface area contributed by atoms with Crippen molar-refractivity contribution >= 4 is 5.91 Å². The van der Waals surface area contributed by atoms with Crippen molar-refractivity contribution in [3.05, 3.63) is 48.6 Å². The van der Waals surface area contributed by atoms with E-state index < -0.39 is 0 Å². The zero-order valence-corrected chi connectivity index (χ0v) is 17.4. The van der Waals surface area contributed by atoms with Gasteiger partial charge in [0.2, 0.25) is 5.91 Å². The Labute approximate surface area is 167 Å². The van der Waals surface area contributed by atoms with Crippen molar-refractivity contribution in [1.82, 2.24) is 5.32 Å². The molecule has 0 spiro atoms. The molecule has 0 aliphatic carbocycles. The predicted molar refractivity (Wildman–Crippen MR) is 118 cm³/mol. The molecule has 1 amide bonds. The number of allylic oxidation sites excluding steroid dienone is 7. The number of hydrogen-bond donors (Lipinski definition) is 2. The Kier molecular flexibility index (Phi) is 21.1. The van der Waals surface area contributed by atoms with Gasteiger partial charge in [0.25, 0.3) is 0 Å². The lowest BCUT2D eigenvalue weighted by Gasteiger charge is -2.01. The van der Waals surface area contributed by atoms with Crippen LogP contribution in [0.25, 0.3) is 0 Å². The quantitative estimate of drug-likeness (QED) is 0.175. The van der Waals surface area contributed by atoms with Gasteiger partial charge in [-0.3, -0.25) is 4.79 Å². The zero-order valence-electron chi connectivity index (χ0n) is 17.4. The summed E-state index contributed by atoms with van der Waals surface area (Å²) in [6.45, 7) is 2.52. The van der Waals surface area contributed by atoms with Crippen LogP contribution in [0.15, 0.2) is 48.6 Å². The van der Waals surface area contributed by atoms with Crippen LogP contribution in [0.2, 0.25) is 0 Å². The molecule has 0 saturated heterocycles. The third-order valence-electron chi connectivity index (χ3n) is 4.32. The first kappa shape index (κ1) is 25.4. The SMILES string of the molecule is CCCCCCCCCCCCC\C=C/C=C/C=C\C=C\C(=O)NCCO. The van der Waals surface area contributed by atoms with Crippen LogP contribution in [0.4, 0.5) is 0 Å². The second-order valence-corrected chi connectivity index (χ2v) is 6.90. The van der Waals surface area contributed by atoms with Gasteiger partial charge < -0.3 is 10.4 Å². The maximum absolute atomic E-state index is 11.2. The van der Waals surface area contributed by atoms with Crippen LogP contribution in [-0.4, -0.2) is 24.2 Å². The van der Waals surface area contributed by atoms with E-state index in [0.29, 0.717) is 0 Å². The Morgan fingerprint density at radius 1 is 0.741 bits per heavy atom. The Morgan fingerprint density at radius 3 is 1.85 bits per heavy atom. The Morgan fingerprint density at radius 2 is 1.26 bits per heavy atom. The molecule has 0 aromatic carbocycles. The summed E-state index contributed by atoms with van der Waals surface area (Å²) in [4.78, 5) is 11.2. The highest BCUT2D eigenvalue weighted by molar-refractivity contribution is 5.87. The molecule has 2 N–H and O–H groups in total. The summed E-state index contributed by atoms with van der Waals surface area (Å²) < 4.78 is 0. The summed E-state index contributed by atoms with van der Waals surface area (Å²) in [5, 5.41) is 11.1. The first-order valence-corrected chi connectivity index (χ1v) is 10.9. The van der Waals surface area contributed by atoms with Crippen LogP contribution in [0.5, 0.6) is 0 Å². The fourth-order valence-electron chi connectivity index (χ4n) is 2.74. The third-order valence-corrected chi connectivity index (χ3v) is 4.32. The number of nitrogens with one attached hydrogen (secondary N) is 1. The molecular weight excluding hydrogens is 334 g/mol. The van der Waals surface area contributed by atoms with Crippen LogP contribution < -0.4 is 5.32 Å². The minimum atomic E-state index is -0.190. The number of amides is 1. The van der Waals surface area contributed by atoms with Crippen molar-refractivity contribution in [2.75, 3.05) is 13.2 Å². The fraction of sp³-hybridized carbons (Fsp3) is 0.625. The van der Waals surface area contributed by atoms with Gasteiger partial charge in [0, 0.05) is 12.6 Å². The fourth-order valence-corrected chi connectivity index (χ4v) is 2.74. The summed E-state index contributed by atoms with van der Waals surface area (Å²) in [5.41, 5.74) is 0. The molecule has 3 nitrogen and oxygen atoms in total. The molecular formula is C24H41NO2. The molecule has 0 aliphatic heterocycles. The van der Waals surface area contributed by atoms with Gasteiger partial charge in [0.15, 0.2) is 0 Å². The maximum atomic E-state index is 11.2. The van der Waals surface area contributed by atoms with Gasteiger partial charge in [-0.1, -0.05) is 114 Å². The van der Waals surface area contributed by atoms with Crippen LogP contribution in [0, 0.1) is 0 Å². The van der Waals surface area contributed by atoms with Gasteiger partial charge in [-0.05, 0) is 12.8 Å². The van der Waals surface area contributed by atoms with Crippen molar-refractivity contribution in [2.24, 2.45) is 0 Å². The van der Waals surface area contributed by atoms with Crippen molar-refractivity contribution in [1.29, 1.82) is 0 Å². The zero-order chi connectivity index (χ0) is 19.8. The Hall–Kier alpha value is -1.61. The summed E-state index contributed by atoms with van der Waals surface area (Å²) in [7, 11) is 0. The van der Waals surface area contributed by atoms with E-state index in [1.165, 1.54) is 76.7 Å². The normalized spacial score (nSPS) is 12.2. The molecule has 0 unspecified atom stereocenters. The summed E-state index contributed by atoms with van der Waals surface area (Å²) in [6, 6.07) is 0. The number of carbonyl (C=O) groups excluding carboxylic acids is 1. The first-order chi connectivity index (χ1) is 13.3. The lowest BCUT2D eigenvalue weighted by Crippen LogP contribution is -2.24. The molecule has 0 aromatic rings. The summed E-state index contributed by atoms with van der Waals surface area (Å²) >= 11 is 0. The van der Waals surface area contributed by atoms with Crippen LogP contribution in [-0.2, 0) is 4.79 Å². The van der Waals surface area contributed by atoms with E-state index in [1.807, 2.05) is 24.3 Å². The van der Waals surface area contributed by atoms with Gasteiger partial charge in [-0.25, -0.2) is 0 Å². The van der Waals surface area contributed by atoms with Gasteiger partial charge in [0.05, 0.1) is 6.61 Å². The van der Waals surface area contributed by atoms with E-state index in [-0.39, 0.29) is 19.1 Å². The molecule has 0 aromatic heterocycles. The molecule has 0 aliphatic rings. The number of carbonyl (C=O) groups is 1. The van der Waals surface area contributed by atoms with Gasteiger partial charge >= 0.3 is 0 Å². The molecule has 0 rings (SSSR count). The van der Waals surface area contributed by atoms with E-state index >= 15 is 0 Å². The van der Waals surface area contributed by atoms with Crippen LogP contribution in [0.1, 0.15) is 84.0 Å². The maximum Gasteiger partial charge on any atom is 0.244 e. The Balaban J connectivity index is 3.41. The minimum Gasteiger partial charge on any atom is -0.395 e. The monoisotopic (exact) mass is 375 g/mol. The molecule has 0 saturated carbocycles. The molecule has 0 radical (unpaired) electrons. The molecule has 0 fully saturated rings.